The summed E-state index contributed by atoms with van der Waals surface area (Å²) in [6, 6.07) is 14.1. The molecule has 0 saturated heterocycles. The Hall–Kier alpha value is -2.13. The summed E-state index contributed by atoms with van der Waals surface area (Å²) in [4.78, 5) is 26.6. The Morgan fingerprint density at radius 1 is 1.04 bits per heavy atom. The van der Waals surface area contributed by atoms with Crippen molar-refractivity contribution in [3.63, 3.8) is 0 Å². The van der Waals surface area contributed by atoms with Crippen molar-refractivity contribution in [2.75, 3.05) is 6.61 Å². The van der Waals surface area contributed by atoms with Gasteiger partial charge < -0.3 is 14.6 Å². The molecule has 0 spiro atoms. The van der Waals surface area contributed by atoms with Crippen LogP contribution in [0.3, 0.4) is 0 Å². The van der Waals surface area contributed by atoms with Gasteiger partial charge in [0.2, 0.25) is 0 Å². The first-order valence-electron chi connectivity index (χ1n) is 7.47. The van der Waals surface area contributed by atoms with Crippen LogP contribution in [0.5, 0.6) is 0 Å². The van der Waals surface area contributed by atoms with Gasteiger partial charge >= 0.3 is 41.6 Å². The predicted molar refractivity (Wildman–Crippen MR) is 85.7 cm³/mol. The van der Waals surface area contributed by atoms with Gasteiger partial charge in [-0.05, 0) is 18.1 Å². The number of benzene rings is 2. The van der Waals surface area contributed by atoms with E-state index in [1.54, 1.807) is 61.5 Å². The third kappa shape index (κ3) is 5.17. The maximum absolute atomic E-state index is 11.8. The number of esters is 1. The predicted octanol–water partition coefficient (Wildman–Crippen LogP) is -0.904. The van der Waals surface area contributed by atoms with E-state index in [-0.39, 0.29) is 36.2 Å². The quantitative estimate of drug-likeness (QED) is 0.386. The molecule has 0 aliphatic heterocycles. The minimum absolute atomic E-state index is 0. The molecule has 2 aromatic rings. The minimum atomic E-state index is -1.21. The topological polar surface area (TPSA) is 70.8 Å². The summed E-state index contributed by atoms with van der Waals surface area (Å²) in [6.07, 6.45) is 0. The Morgan fingerprint density at radius 3 is 2.04 bits per heavy atom. The molecule has 2 atom stereocenters. The van der Waals surface area contributed by atoms with E-state index < -0.39 is 23.9 Å². The first kappa shape index (κ1) is 20.9. The molecule has 0 aromatic heterocycles. The smallest absolute Gasteiger partial charge is 0.549 e. The first-order chi connectivity index (χ1) is 11.6. The third-order valence-electron chi connectivity index (χ3n) is 3.59. The standard InChI is InChI=1S/C19H17NO4.Na/c1-3-24-19(23)17(20-2)15-11-9-14(10-12-15)16(18(21)22)13-7-5-4-6-8-13;/h4-12,16-17H,3H2,1H3,(H,21,22);/q;+1/p-1. The van der Waals surface area contributed by atoms with Crippen LogP contribution in [0.4, 0.5) is 0 Å². The van der Waals surface area contributed by atoms with Gasteiger partial charge in [0.1, 0.15) is 0 Å². The SMILES string of the molecule is [C-]#[N+]C(C(=O)OCC)c1ccc(C(C(=O)[O-])c2ccccc2)cc1.[Na+]. The molecule has 0 radical (unpaired) electrons. The number of hydrogen-bond acceptors (Lipinski definition) is 4. The van der Waals surface area contributed by atoms with Gasteiger partial charge in [-0.2, -0.15) is 0 Å². The first-order valence-corrected chi connectivity index (χ1v) is 7.47. The van der Waals surface area contributed by atoms with Crippen LogP contribution < -0.4 is 34.7 Å². The van der Waals surface area contributed by atoms with Crippen LogP contribution >= 0.6 is 0 Å². The molecule has 25 heavy (non-hydrogen) atoms. The van der Waals surface area contributed by atoms with E-state index >= 15 is 0 Å². The fourth-order valence-corrected chi connectivity index (χ4v) is 2.47. The molecule has 0 heterocycles. The van der Waals surface area contributed by atoms with Gasteiger partial charge in [-0.25, -0.2) is 11.4 Å². The van der Waals surface area contributed by atoms with Crippen molar-refractivity contribution in [2.24, 2.45) is 0 Å². The molecule has 5 nitrogen and oxygen atoms in total. The molecule has 0 saturated carbocycles. The average molecular weight is 345 g/mol. The molecule has 6 heteroatoms. The molecule has 0 aliphatic rings. The molecule has 2 aromatic carbocycles. The Labute approximate surface area is 168 Å². The Balaban J connectivity index is 0.00000312. The summed E-state index contributed by atoms with van der Waals surface area (Å²) in [5, 5.41) is 11.5. The zero-order chi connectivity index (χ0) is 17.5. The zero-order valence-corrected chi connectivity index (χ0v) is 16.1. The number of carboxylic acids is 1. The van der Waals surface area contributed by atoms with E-state index in [0.717, 1.165) is 0 Å². The summed E-state index contributed by atoms with van der Waals surface area (Å²) < 4.78 is 4.88. The maximum Gasteiger partial charge on any atom is 1.00 e. The molecule has 2 rings (SSSR count). The summed E-state index contributed by atoms with van der Waals surface area (Å²) in [6.45, 7) is 9.04. The second-order valence-electron chi connectivity index (χ2n) is 5.11. The van der Waals surface area contributed by atoms with Crippen LogP contribution in [0.2, 0.25) is 0 Å². The van der Waals surface area contributed by atoms with Gasteiger partial charge in [0.05, 0.1) is 12.6 Å². The van der Waals surface area contributed by atoms with Crippen LogP contribution in [-0.4, -0.2) is 18.5 Å². The molecule has 0 aliphatic carbocycles. The molecular weight excluding hydrogens is 329 g/mol. The Morgan fingerprint density at radius 2 is 1.56 bits per heavy atom. The van der Waals surface area contributed by atoms with E-state index in [2.05, 4.69) is 4.85 Å². The minimum Gasteiger partial charge on any atom is -0.549 e. The monoisotopic (exact) mass is 345 g/mol. The van der Waals surface area contributed by atoms with Crippen LogP contribution in [-0.2, 0) is 14.3 Å². The molecule has 2 unspecified atom stereocenters. The van der Waals surface area contributed by atoms with Crippen LogP contribution in [0.15, 0.2) is 54.6 Å². The Bertz CT molecular complexity index is 753. The number of nitrogens with zero attached hydrogens (tertiary/aromatic N) is 1. The maximum atomic E-state index is 11.8. The van der Waals surface area contributed by atoms with Gasteiger partial charge in [0.15, 0.2) is 0 Å². The number of rotatable bonds is 6. The van der Waals surface area contributed by atoms with Crippen molar-refractivity contribution in [3.05, 3.63) is 82.7 Å². The normalized spacial score (nSPS) is 12.2. The van der Waals surface area contributed by atoms with Gasteiger partial charge in [0.25, 0.3) is 0 Å². The van der Waals surface area contributed by atoms with Crippen molar-refractivity contribution in [3.8, 4) is 0 Å². The number of hydrogen-bond donors (Lipinski definition) is 0. The van der Waals surface area contributed by atoms with Gasteiger partial charge in [-0.15, -0.1) is 0 Å². The summed E-state index contributed by atoms with van der Waals surface area (Å²) >= 11 is 0. The molecule has 0 N–H and O–H groups in total. The van der Waals surface area contributed by atoms with E-state index in [1.807, 2.05) is 0 Å². The van der Waals surface area contributed by atoms with Crippen LogP contribution in [0.25, 0.3) is 4.85 Å². The van der Waals surface area contributed by atoms with Crippen LogP contribution in [0, 0.1) is 6.57 Å². The van der Waals surface area contributed by atoms with Crippen molar-refractivity contribution >= 4 is 11.9 Å². The molecule has 0 amide bonds. The van der Waals surface area contributed by atoms with E-state index in [9.17, 15) is 14.7 Å². The van der Waals surface area contributed by atoms with E-state index in [1.165, 1.54) is 0 Å². The Kier molecular flexibility index (Phi) is 8.36. The molecule has 122 valence electrons. The number of aliphatic carboxylic acids is 1. The van der Waals surface area contributed by atoms with E-state index in [0.29, 0.717) is 16.7 Å². The number of ether oxygens (including phenoxy) is 1. The number of carboxylic acid groups (broad SMARTS) is 1. The summed E-state index contributed by atoms with van der Waals surface area (Å²) in [5.74, 6) is -2.73. The van der Waals surface area contributed by atoms with Crippen molar-refractivity contribution in [1.82, 2.24) is 0 Å². The molecule has 0 fully saturated rings. The van der Waals surface area contributed by atoms with Crippen molar-refractivity contribution in [2.45, 2.75) is 18.9 Å². The van der Waals surface area contributed by atoms with Crippen LogP contribution in [0.1, 0.15) is 35.6 Å². The number of carbonyl (C=O) groups is 2. The fraction of sp³-hybridized carbons (Fsp3) is 0.211. The summed E-state index contributed by atoms with van der Waals surface area (Å²) in [5.41, 5.74) is 1.60. The second-order valence-corrected chi connectivity index (χ2v) is 5.11. The molecule has 0 bridgehead atoms. The van der Waals surface area contributed by atoms with E-state index in [4.69, 9.17) is 11.3 Å². The third-order valence-corrected chi connectivity index (χ3v) is 3.59. The largest absolute Gasteiger partial charge is 1.00 e. The van der Waals surface area contributed by atoms with Gasteiger partial charge in [-0.1, -0.05) is 54.6 Å². The fourth-order valence-electron chi connectivity index (χ4n) is 2.47. The van der Waals surface area contributed by atoms with Gasteiger partial charge in [0, 0.05) is 11.5 Å². The second kappa shape index (κ2) is 10.00. The number of carbonyl (C=O) groups excluding carboxylic acids is 2. The zero-order valence-electron chi connectivity index (χ0n) is 14.1. The average Bonchev–Trinajstić information content (AvgIpc) is 2.58. The molecular formula is C19H16NNaO4. The van der Waals surface area contributed by atoms with Crippen molar-refractivity contribution in [1.29, 1.82) is 0 Å². The summed E-state index contributed by atoms with van der Waals surface area (Å²) in [7, 11) is 0. The van der Waals surface area contributed by atoms with Gasteiger partial charge in [-0.3, -0.25) is 4.85 Å². The van der Waals surface area contributed by atoms with Crippen molar-refractivity contribution < 1.29 is 49.0 Å².